The van der Waals surface area contributed by atoms with E-state index < -0.39 is 39.9 Å². The van der Waals surface area contributed by atoms with Crippen LogP contribution in [-0.2, 0) is 7.43 Å². The fraction of sp³-hybridized carbons (Fsp3) is 0. The van der Waals surface area contributed by atoms with Crippen molar-refractivity contribution in [3.8, 4) is 0 Å². The maximum atomic E-state index is 13.0. The van der Waals surface area contributed by atoms with Crippen molar-refractivity contribution in [2.45, 2.75) is 0 Å². The maximum absolute atomic E-state index is 13.0. The summed E-state index contributed by atoms with van der Waals surface area (Å²) in [5.74, 6) is 0. The molecule has 2 aromatic rings. The average molecular weight is 468 g/mol. The van der Waals surface area contributed by atoms with E-state index in [4.69, 9.17) is 4.73 Å². The SMILES string of the molecule is [O]=[Sb]([OH])[O]I(=O)(c1ccccc1)c1ccccc1. The molecule has 0 atom stereocenters. The van der Waals surface area contributed by atoms with Gasteiger partial charge in [-0.3, -0.25) is 0 Å². The molecule has 0 unspecified atom stereocenters. The molecule has 2 aromatic carbocycles. The molecule has 0 spiro atoms. The summed E-state index contributed by atoms with van der Waals surface area (Å²) >= 11 is -8.33. The zero-order valence-electron chi connectivity index (χ0n) is 9.27. The van der Waals surface area contributed by atoms with Crippen molar-refractivity contribution in [3.63, 3.8) is 0 Å². The molecule has 0 bridgehead atoms. The van der Waals surface area contributed by atoms with Crippen molar-refractivity contribution in [2.24, 2.45) is 0 Å². The zero-order chi connectivity index (χ0) is 13.0. The molecule has 0 aromatic heterocycles. The van der Waals surface area contributed by atoms with Crippen molar-refractivity contribution in [2.75, 3.05) is 0 Å². The van der Waals surface area contributed by atoms with E-state index in [1.165, 1.54) is 0 Å². The molecule has 0 aliphatic heterocycles. The third-order valence-electron chi connectivity index (χ3n) is 2.20. The van der Waals surface area contributed by atoms with Crippen molar-refractivity contribution in [3.05, 3.63) is 67.8 Å². The van der Waals surface area contributed by atoms with Crippen LogP contribution < -0.4 is 0 Å². The summed E-state index contributed by atoms with van der Waals surface area (Å²) in [6, 6.07) is 17.2. The van der Waals surface area contributed by atoms with Crippen molar-refractivity contribution in [1.82, 2.24) is 0 Å². The first-order valence-corrected chi connectivity index (χ1v) is 12.2. The Kier molecular flexibility index (Phi) is 4.72. The molecule has 1 N–H and O–H groups in total. The molecular formula is C12H11IO4Sb. The molecule has 0 heterocycles. The molecule has 0 aliphatic carbocycles. The van der Waals surface area contributed by atoms with Crippen LogP contribution in [0.1, 0.15) is 0 Å². The Morgan fingerprint density at radius 1 is 0.889 bits per heavy atom. The molecule has 0 aliphatic rings. The molecule has 0 amide bonds. The van der Waals surface area contributed by atoms with E-state index in [2.05, 4.69) is 0 Å². The zero-order valence-corrected chi connectivity index (χ0v) is 14.0. The topological polar surface area (TPSA) is 63.6 Å². The van der Waals surface area contributed by atoms with Crippen LogP contribution in [0.3, 0.4) is 0 Å². The second-order valence-electron chi connectivity index (χ2n) is 3.36. The number of rotatable bonds is 4. The fourth-order valence-corrected chi connectivity index (χ4v) is 12.1. The summed E-state index contributed by atoms with van der Waals surface area (Å²) in [7, 11) is 0. The summed E-state index contributed by atoms with van der Waals surface area (Å²) < 4.78 is 39.1. The van der Waals surface area contributed by atoms with Crippen LogP contribution in [0.25, 0.3) is 0 Å². The minimum absolute atomic E-state index is 0.495. The van der Waals surface area contributed by atoms with Crippen molar-refractivity contribution < 1.29 is 10.8 Å². The summed E-state index contributed by atoms with van der Waals surface area (Å²) in [4.78, 5) is 0. The fourth-order valence-electron chi connectivity index (χ4n) is 1.45. The molecule has 0 saturated heterocycles. The van der Waals surface area contributed by atoms with Crippen LogP contribution in [0.15, 0.2) is 60.7 Å². The first kappa shape index (κ1) is 13.9. The number of benzene rings is 2. The predicted molar refractivity (Wildman–Crippen MR) is 74.7 cm³/mol. The first-order valence-electron chi connectivity index (χ1n) is 5.07. The molecule has 95 valence electrons. The van der Waals surface area contributed by atoms with Gasteiger partial charge in [-0.2, -0.15) is 0 Å². The normalized spacial score (nSPS) is 12.1. The molecule has 0 fully saturated rings. The van der Waals surface area contributed by atoms with Crippen molar-refractivity contribution >= 4 is 39.9 Å². The number of halogens is 1. The Balaban J connectivity index is 2.55. The molecule has 6 heteroatoms. The van der Waals surface area contributed by atoms with E-state index in [9.17, 15) is 6.09 Å². The van der Waals surface area contributed by atoms with Crippen LogP contribution in [0.5, 0.6) is 0 Å². The second-order valence-corrected chi connectivity index (χ2v) is 12.9. The van der Waals surface area contributed by atoms with Gasteiger partial charge in [0, 0.05) is 0 Å². The van der Waals surface area contributed by atoms with Crippen LogP contribution in [-0.4, -0.2) is 24.4 Å². The summed E-state index contributed by atoms with van der Waals surface area (Å²) in [6.45, 7) is 0. The molecule has 1 radical (unpaired) electrons. The Bertz CT molecular complexity index is 542. The van der Waals surface area contributed by atoms with Gasteiger partial charge < -0.3 is 0 Å². The summed E-state index contributed by atoms with van der Waals surface area (Å²) in [5.41, 5.74) is 0. The molecule has 0 saturated carbocycles. The van der Waals surface area contributed by atoms with E-state index >= 15 is 0 Å². The second kappa shape index (κ2) is 6.10. The van der Waals surface area contributed by atoms with Gasteiger partial charge in [0.15, 0.2) is 0 Å². The van der Waals surface area contributed by atoms with Gasteiger partial charge in [-0.1, -0.05) is 0 Å². The third kappa shape index (κ3) is 3.09. The standard InChI is InChI=1S/C12H11IO2.H2O.O.Sb/c14-13(15,11-7-3-1-4-8-11)12-9-5-2-6-10-12;;;/h1-10H,(H,14,15);1H2;;/q;;;+2/p-2. The van der Waals surface area contributed by atoms with E-state index in [0.717, 1.165) is 0 Å². The van der Waals surface area contributed by atoms with Gasteiger partial charge in [0.05, 0.1) is 0 Å². The molecule has 18 heavy (non-hydrogen) atoms. The first-order chi connectivity index (χ1) is 8.63. The Labute approximate surface area is 118 Å². The third-order valence-corrected chi connectivity index (χ3v) is 13.8. The van der Waals surface area contributed by atoms with Crippen LogP contribution in [0.2, 0.25) is 0 Å². The Morgan fingerprint density at radius 2 is 1.28 bits per heavy atom. The van der Waals surface area contributed by atoms with Crippen LogP contribution in [0, 0.1) is 7.14 Å². The van der Waals surface area contributed by atoms with Gasteiger partial charge in [0.1, 0.15) is 0 Å². The van der Waals surface area contributed by atoms with Crippen LogP contribution in [0.4, 0.5) is 0 Å². The molecule has 4 nitrogen and oxygen atoms in total. The Morgan fingerprint density at radius 3 is 1.61 bits per heavy atom. The summed E-state index contributed by atoms with van der Waals surface area (Å²) in [6.07, 6.45) is 0. The monoisotopic (exact) mass is 467 g/mol. The summed E-state index contributed by atoms with van der Waals surface area (Å²) in [5, 5.41) is 0. The number of hydrogen-bond acceptors (Lipinski definition) is 3. The quantitative estimate of drug-likeness (QED) is 0.554. The number of hydrogen-bond donors (Lipinski definition) is 1. The van der Waals surface area contributed by atoms with Crippen molar-refractivity contribution in [1.29, 1.82) is 0 Å². The minimum atomic E-state index is -4.29. The predicted octanol–water partition coefficient (Wildman–Crippen LogP) is 2.45. The van der Waals surface area contributed by atoms with E-state index in [-0.39, 0.29) is 0 Å². The van der Waals surface area contributed by atoms with Gasteiger partial charge in [-0.15, -0.1) is 0 Å². The molecule has 2 rings (SSSR count). The average Bonchev–Trinajstić information content (AvgIpc) is 2.40. The van der Waals surface area contributed by atoms with Gasteiger partial charge in [0.25, 0.3) is 0 Å². The van der Waals surface area contributed by atoms with Gasteiger partial charge in [-0.05, 0) is 0 Å². The van der Waals surface area contributed by atoms with Gasteiger partial charge in [-0.25, -0.2) is 0 Å². The van der Waals surface area contributed by atoms with E-state index in [1.807, 2.05) is 0 Å². The van der Waals surface area contributed by atoms with E-state index in [0.29, 0.717) is 7.14 Å². The molecular weight excluding hydrogens is 457 g/mol. The Hall–Kier alpha value is -0.492. The van der Waals surface area contributed by atoms with Crippen LogP contribution >= 0.6 is 18.8 Å². The van der Waals surface area contributed by atoms with Gasteiger partial charge >= 0.3 is 118 Å². The van der Waals surface area contributed by atoms with Gasteiger partial charge in [0.2, 0.25) is 0 Å². The van der Waals surface area contributed by atoms with E-state index in [1.54, 1.807) is 60.7 Å².